The van der Waals surface area contributed by atoms with Gasteiger partial charge in [-0.15, -0.1) is 0 Å². The molecule has 3 rings (SSSR count). The van der Waals surface area contributed by atoms with Gasteiger partial charge in [-0.05, 0) is 44.5 Å². The van der Waals surface area contributed by atoms with Crippen LogP contribution in [-0.2, 0) is 9.59 Å². The zero-order chi connectivity index (χ0) is 19.8. The fourth-order valence-electron chi connectivity index (χ4n) is 3.87. The summed E-state index contributed by atoms with van der Waals surface area (Å²) in [5.74, 6) is 1.45. The van der Waals surface area contributed by atoms with Gasteiger partial charge in [0.1, 0.15) is 5.76 Å². The first-order chi connectivity index (χ1) is 13.7. The van der Waals surface area contributed by atoms with Crippen LogP contribution in [0.5, 0.6) is 0 Å². The highest BCUT2D eigenvalue weighted by molar-refractivity contribution is 5.97. The molecular formula is C20H31N5O3. The summed E-state index contributed by atoms with van der Waals surface area (Å²) in [6.07, 6.45) is 7.00. The van der Waals surface area contributed by atoms with Crippen LogP contribution in [-0.4, -0.2) is 67.3 Å². The Hall–Kier alpha value is -2.35. The minimum absolute atomic E-state index is 0.0796. The molecule has 0 saturated carbocycles. The van der Waals surface area contributed by atoms with Crippen molar-refractivity contribution in [3.8, 4) is 0 Å². The molecule has 28 heavy (non-hydrogen) atoms. The Labute approximate surface area is 166 Å². The molecule has 2 saturated heterocycles. The van der Waals surface area contributed by atoms with E-state index in [1.165, 1.54) is 24.2 Å². The Morgan fingerprint density at radius 1 is 1.14 bits per heavy atom. The molecule has 0 bridgehead atoms. The second-order valence-electron chi connectivity index (χ2n) is 7.30. The van der Waals surface area contributed by atoms with Crippen LogP contribution in [0.15, 0.2) is 27.8 Å². The molecular weight excluding hydrogens is 358 g/mol. The van der Waals surface area contributed by atoms with Gasteiger partial charge in [-0.25, -0.2) is 0 Å². The molecule has 2 fully saturated rings. The molecule has 0 aliphatic carbocycles. The summed E-state index contributed by atoms with van der Waals surface area (Å²) in [6.45, 7) is 3.66. The summed E-state index contributed by atoms with van der Waals surface area (Å²) < 4.78 is 5.68. The third kappa shape index (κ3) is 5.34. The van der Waals surface area contributed by atoms with Gasteiger partial charge < -0.3 is 15.1 Å². The molecule has 2 aliphatic heterocycles. The van der Waals surface area contributed by atoms with Gasteiger partial charge in [0.05, 0.1) is 12.3 Å². The van der Waals surface area contributed by atoms with Crippen molar-refractivity contribution in [1.29, 1.82) is 0 Å². The molecule has 0 radical (unpaired) electrons. The number of furan rings is 1. The van der Waals surface area contributed by atoms with Crippen molar-refractivity contribution in [1.82, 2.24) is 20.4 Å². The highest BCUT2D eigenvalue weighted by Gasteiger charge is 2.26. The van der Waals surface area contributed by atoms with Crippen molar-refractivity contribution in [2.75, 3.05) is 39.8 Å². The normalized spacial score (nSPS) is 20.3. The zero-order valence-corrected chi connectivity index (χ0v) is 16.7. The van der Waals surface area contributed by atoms with E-state index in [4.69, 9.17) is 4.42 Å². The number of nitrogens with zero attached hydrogens (tertiary/aromatic N) is 3. The van der Waals surface area contributed by atoms with E-state index >= 15 is 0 Å². The van der Waals surface area contributed by atoms with E-state index in [0.717, 1.165) is 18.8 Å². The van der Waals surface area contributed by atoms with Gasteiger partial charge in [-0.2, -0.15) is 0 Å². The monoisotopic (exact) mass is 389 g/mol. The molecule has 2 aliphatic rings. The van der Waals surface area contributed by atoms with Crippen molar-refractivity contribution < 1.29 is 14.0 Å². The van der Waals surface area contributed by atoms with Gasteiger partial charge in [0.25, 0.3) is 0 Å². The number of amides is 2. The summed E-state index contributed by atoms with van der Waals surface area (Å²) >= 11 is 0. The number of rotatable bonds is 7. The largest absolute Gasteiger partial charge is 0.468 e. The van der Waals surface area contributed by atoms with Gasteiger partial charge in [0, 0.05) is 39.5 Å². The second-order valence-corrected chi connectivity index (χ2v) is 7.30. The van der Waals surface area contributed by atoms with Crippen LogP contribution in [0.4, 0.5) is 0 Å². The molecule has 8 nitrogen and oxygen atoms in total. The summed E-state index contributed by atoms with van der Waals surface area (Å²) in [4.78, 5) is 31.8. The SMILES string of the molecule is CN=C(NCCN1C(=O)CCCC1=O)NCC(c1ccco1)N1CCCCC1. The Bertz CT molecular complexity index is 651. The van der Waals surface area contributed by atoms with Gasteiger partial charge >= 0.3 is 0 Å². The number of hydrogen-bond acceptors (Lipinski definition) is 5. The number of imide groups is 1. The number of hydrogen-bond donors (Lipinski definition) is 2. The van der Waals surface area contributed by atoms with E-state index in [0.29, 0.717) is 44.9 Å². The summed E-state index contributed by atoms with van der Waals surface area (Å²) in [7, 11) is 1.72. The van der Waals surface area contributed by atoms with Crippen LogP contribution >= 0.6 is 0 Å². The quantitative estimate of drug-likeness (QED) is 0.417. The summed E-state index contributed by atoms with van der Waals surface area (Å²) in [6, 6.07) is 4.09. The molecule has 1 atom stereocenters. The lowest BCUT2D eigenvalue weighted by Crippen LogP contribution is -2.48. The van der Waals surface area contributed by atoms with Crippen molar-refractivity contribution in [3.05, 3.63) is 24.2 Å². The van der Waals surface area contributed by atoms with E-state index in [9.17, 15) is 9.59 Å². The predicted octanol–water partition coefficient (Wildman–Crippen LogP) is 1.51. The lowest BCUT2D eigenvalue weighted by molar-refractivity contribution is -0.147. The Morgan fingerprint density at radius 3 is 2.54 bits per heavy atom. The molecule has 154 valence electrons. The first-order valence-corrected chi connectivity index (χ1v) is 10.2. The standard InChI is InChI=1S/C20H31N5O3/c1-21-20(22-10-13-25-18(26)8-5-9-19(25)27)23-15-16(17-7-6-14-28-17)24-11-3-2-4-12-24/h6-7,14,16H,2-5,8-13,15H2,1H3,(H2,21,22,23). The highest BCUT2D eigenvalue weighted by Crippen LogP contribution is 2.24. The highest BCUT2D eigenvalue weighted by atomic mass is 16.3. The maximum absolute atomic E-state index is 11.9. The molecule has 2 N–H and O–H groups in total. The molecule has 1 aromatic heterocycles. The molecule has 1 aromatic rings. The number of likely N-dealkylation sites (tertiary alicyclic amines) is 2. The minimum Gasteiger partial charge on any atom is -0.468 e. The van der Waals surface area contributed by atoms with Crippen LogP contribution in [0.3, 0.4) is 0 Å². The Balaban J connectivity index is 1.50. The van der Waals surface area contributed by atoms with E-state index in [-0.39, 0.29) is 17.9 Å². The smallest absolute Gasteiger partial charge is 0.229 e. The fourth-order valence-corrected chi connectivity index (χ4v) is 3.87. The maximum atomic E-state index is 11.9. The van der Waals surface area contributed by atoms with Crippen molar-refractivity contribution in [3.63, 3.8) is 0 Å². The van der Waals surface area contributed by atoms with Gasteiger partial charge in [-0.3, -0.25) is 24.4 Å². The third-order valence-electron chi connectivity index (χ3n) is 5.40. The first kappa shape index (κ1) is 20.4. The summed E-state index contributed by atoms with van der Waals surface area (Å²) in [5, 5.41) is 6.57. The average molecular weight is 390 g/mol. The number of piperidine rings is 2. The molecule has 3 heterocycles. The van der Waals surface area contributed by atoms with E-state index in [2.05, 4.69) is 20.5 Å². The van der Waals surface area contributed by atoms with Gasteiger partial charge in [0.15, 0.2) is 5.96 Å². The third-order valence-corrected chi connectivity index (χ3v) is 5.40. The van der Waals surface area contributed by atoms with E-state index < -0.39 is 0 Å². The van der Waals surface area contributed by atoms with E-state index in [1.54, 1.807) is 13.3 Å². The van der Waals surface area contributed by atoms with Crippen LogP contribution in [0.1, 0.15) is 50.3 Å². The van der Waals surface area contributed by atoms with Crippen LogP contribution in [0, 0.1) is 0 Å². The fraction of sp³-hybridized carbons (Fsp3) is 0.650. The topological polar surface area (TPSA) is 90.2 Å². The van der Waals surface area contributed by atoms with E-state index in [1.807, 2.05) is 12.1 Å². The number of carbonyl (C=O) groups is 2. The van der Waals surface area contributed by atoms with Crippen LogP contribution in [0.25, 0.3) is 0 Å². The van der Waals surface area contributed by atoms with Crippen LogP contribution < -0.4 is 10.6 Å². The maximum Gasteiger partial charge on any atom is 0.229 e. The minimum atomic E-state index is -0.0796. The molecule has 1 unspecified atom stereocenters. The Morgan fingerprint density at radius 2 is 1.89 bits per heavy atom. The number of aliphatic imine (C=N–C) groups is 1. The van der Waals surface area contributed by atoms with Crippen LogP contribution in [0.2, 0.25) is 0 Å². The van der Waals surface area contributed by atoms with Crippen molar-refractivity contribution in [2.24, 2.45) is 4.99 Å². The number of nitrogens with one attached hydrogen (secondary N) is 2. The second kappa shape index (κ2) is 10.3. The average Bonchev–Trinajstić information content (AvgIpc) is 3.24. The molecule has 2 amide bonds. The van der Waals surface area contributed by atoms with Gasteiger partial charge in [0.2, 0.25) is 11.8 Å². The molecule has 8 heteroatoms. The Kier molecular flexibility index (Phi) is 7.47. The lowest BCUT2D eigenvalue weighted by atomic mass is 10.1. The first-order valence-electron chi connectivity index (χ1n) is 10.2. The van der Waals surface area contributed by atoms with Crippen molar-refractivity contribution in [2.45, 2.75) is 44.6 Å². The summed E-state index contributed by atoms with van der Waals surface area (Å²) in [5.41, 5.74) is 0. The number of guanidine groups is 1. The van der Waals surface area contributed by atoms with Gasteiger partial charge in [-0.1, -0.05) is 6.42 Å². The predicted molar refractivity (Wildman–Crippen MR) is 107 cm³/mol. The molecule has 0 spiro atoms. The lowest BCUT2D eigenvalue weighted by Gasteiger charge is -2.33. The molecule has 0 aromatic carbocycles. The number of carbonyl (C=O) groups excluding carboxylic acids is 2. The van der Waals surface area contributed by atoms with Crippen molar-refractivity contribution >= 4 is 17.8 Å². The zero-order valence-electron chi connectivity index (χ0n) is 16.7.